The highest BCUT2D eigenvalue weighted by atomic mass is 19.1. The number of aryl methyl sites for hydroxylation is 1. The molecule has 2 N–H and O–H groups in total. The van der Waals surface area contributed by atoms with Crippen LogP contribution in [0.3, 0.4) is 0 Å². The molecule has 0 saturated carbocycles. The predicted octanol–water partition coefficient (Wildman–Crippen LogP) is 3.38. The number of benzene rings is 1. The lowest BCUT2D eigenvalue weighted by atomic mass is 10.2. The van der Waals surface area contributed by atoms with E-state index in [-0.39, 0.29) is 11.9 Å². The smallest absolute Gasteiger partial charge is 0.407 e. The van der Waals surface area contributed by atoms with Gasteiger partial charge in [0, 0.05) is 32.0 Å². The first-order chi connectivity index (χ1) is 15.2. The Morgan fingerprint density at radius 3 is 2.78 bits per heavy atom. The Bertz CT molecular complexity index is 966. The third-order valence-corrected chi connectivity index (χ3v) is 5.05. The van der Waals surface area contributed by atoms with Crippen LogP contribution >= 0.6 is 0 Å². The van der Waals surface area contributed by atoms with Crippen molar-refractivity contribution in [2.45, 2.75) is 59.2 Å². The van der Waals surface area contributed by atoms with Gasteiger partial charge in [-0.3, -0.25) is 0 Å². The van der Waals surface area contributed by atoms with Gasteiger partial charge in [-0.05, 0) is 58.7 Å². The fourth-order valence-corrected chi connectivity index (χ4v) is 3.61. The van der Waals surface area contributed by atoms with Gasteiger partial charge in [0.25, 0.3) is 0 Å². The van der Waals surface area contributed by atoms with E-state index in [1.807, 2.05) is 40.7 Å². The Balaban J connectivity index is 1.63. The summed E-state index contributed by atoms with van der Waals surface area (Å²) in [5.41, 5.74) is 0.720. The van der Waals surface area contributed by atoms with Crippen molar-refractivity contribution in [3.63, 3.8) is 0 Å². The van der Waals surface area contributed by atoms with Gasteiger partial charge in [-0.15, -0.1) is 0 Å². The maximum atomic E-state index is 14.7. The Labute approximate surface area is 188 Å². The first-order valence-corrected chi connectivity index (χ1v) is 11.0. The number of aliphatic imine (C=N–C) groups is 1. The van der Waals surface area contributed by atoms with Gasteiger partial charge >= 0.3 is 6.09 Å². The predicted molar refractivity (Wildman–Crippen MR) is 122 cm³/mol. The molecule has 0 aliphatic carbocycles. The number of nitrogens with one attached hydrogen (secondary N) is 2. The number of alkyl carbamates (subject to hydrolysis) is 1. The fraction of sp³-hybridized carbons (Fsp3) is 0.522. The maximum absolute atomic E-state index is 14.7. The molecular weight excluding hydrogens is 411 g/mol. The fourth-order valence-electron chi connectivity index (χ4n) is 3.61. The molecule has 1 aliphatic heterocycles. The first kappa shape index (κ1) is 23.6. The van der Waals surface area contributed by atoms with E-state index in [0.29, 0.717) is 25.3 Å². The molecule has 8 nitrogen and oxygen atoms in total. The Kier molecular flexibility index (Phi) is 7.37. The molecule has 1 amide bonds. The second kappa shape index (κ2) is 10.0. The first-order valence-electron chi connectivity index (χ1n) is 11.0. The van der Waals surface area contributed by atoms with Crippen molar-refractivity contribution < 1.29 is 13.9 Å². The molecule has 2 heterocycles. The van der Waals surface area contributed by atoms with Gasteiger partial charge < -0.3 is 24.8 Å². The van der Waals surface area contributed by atoms with Crippen molar-refractivity contribution in [2.24, 2.45) is 4.99 Å². The monoisotopic (exact) mass is 444 g/mol. The van der Waals surface area contributed by atoms with Gasteiger partial charge in [-0.1, -0.05) is 6.07 Å². The van der Waals surface area contributed by atoms with Gasteiger partial charge in [0.05, 0.1) is 18.3 Å². The second-order valence-electron chi connectivity index (χ2n) is 8.88. The third-order valence-electron chi connectivity index (χ3n) is 5.05. The minimum atomic E-state index is -0.528. The number of nitrogens with zero attached hydrogens (tertiary/aromatic N) is 4. The van der Waals surface area contributed by atoms with Crippen molar-refractivity contribution >= 4 is 12.1 Å². The average molecular weight is 445 g/mol. The van der Waals surface area contributed by atoms with Crippen LogP contribution in [0.4, 0.5) is 9.18 Å². The third kappa shape index (κ3) is 6.21. The van der Waals surface area contributed by atoms with Crippen LogP contribution in [0.25, 0.3) is 5.69 Å². The summed E-state index contributed by atoms with van der Waals surface area (Å²) in [6.45, 7) is 11.8. The number of rotatable bonds is 5. The van der Waals surface area contributed by atoms with Gasteiger partial charge in [0.2, 0.25) is 0 Å². The van der Waals surface area contributed by atoms with Crippen LogP contribution in [0.5, 0.6) is 0 Å². The molecule has 1 aromatic carbocycles. The van der Waals surface area contributed by atoms with E-state index in [9.17, 15) is 9.18 Å². The topological polar surface area (TPSA) is 83.8 Å². The molecule has 1 aromatic heterocycles. The lowest BCUT2D eigenvalue weighted by Gasteiger charge is -2.23. The minimum absolute atomic E-state index is 0.0103. The molecular formula is C23H33FN6O2. The number of ether oxygens (including phenoxy) is 1. The highest BCUT2D eigenvalue weighted by molar-refractivity contribution is 5.80. The summed E-state index contributed by atoms with van der Waals surface area (Å²) in [6, 6.07) is 5.13. The SMILES string of the molecule is CCNC(=NCc1ccc(-n2ccnc2C)c(F)c1)N1CCC(NC(=O)OC(C)(C)C)C1. The zero-order valence-electron chi connectivity index (χ0n) is 19.5. The number of amides is 1. The highest BCUT2D eigenvalue weighted by Gasteiger charge is 2.27. The van der Waals surface area contributed by atoms with Gasteiger partial charge in [0.1, 0.15) is 17.2 Å². The van der Waals surface area contributed by atoms with Crippen LogP contribution < -0.4 is 10.6 Å². The van der Waals surface area contributed by atoms with Gasteiger partial charge in [0.15, 0.2) is 5.96 Å². The summed E-state index contributed by atoms with van der Waals surface area (Å²) < 4.78 is 21.7. The summed E-state index contributed by atoms with van der Waals surface area (Å²) >= 11 is 0. The number of imidazole rings is 1. The van der Waals surface area contributed by atoms with Gasteiger partial charge in [-0.25, -0.2) is 19.2 Å². The van der Waals surface area contributed by atoms with Gasteiger partial charge in [-0.2, -0.15) is 0 Å². The Morgan fingerprint density at radius 2 is 2.16 bits per heavy atom. The van der Waals surface area contributed by atoms with Crippen LogP contribution in [-0.2, 0) is 11.3 Å². The van der Waals surface area contributed by atoms with Crippen LogP contribution in [0.2, 0.25) is 0 Å². The molecule has 1 atom stereocenters. The molecule has 9 heteroatoms. The van der Waals surface area contributed by atoms with Crippen molar-refractivity contribution in [2.75, 3.05) is 19.6 Å². The lowest BCUT2D eigenvalue weighted by molar-refractivity contribution is 0.0507. The minimum Gasteiger partial charge on any atom is -0.444 e. The van der Waals surface area contributed by atoms with Crippen LogP contribution in [0.1, 0.15) is 45.5 Å². The van der Waals surface area contributed by atoms with E-state index in [2.05, 4.69) is 20.5 Å². The molecule has 174 valence electrons. The molecule has 0 radical (unpaired) electrons. The normalized spacial score (nSPS) is 16.9. The Hall–Kier alpha value is -3.10. The van der Waals surface area contributed by atoms with E-state index in [4.69, 9.17) is 9.73 Å². The average Bonchev–Trinajstić information content (AvgIpc) is 3.33. The number of halogens is 1. The standard InChI is InChI=1S/C23H33FN6O2/c1-6-25-21(29-11-9-18(15-29)28-22(31)32-23(3,4)5)27-14-17-7-8-20(19(24)13-17)30-12-10-26-16(30)2/h7-8,10,12-13,18H,6,9,11,14-15H2,1-5H3,(H,25,27)(H,28,31). The molecule has 32 heavy (non-hydrogen) atoms. The molecule has 1 fully saturated rings. The van der Waals surface area contributed by atoms with Crippen molar-refractivity contribution in [1.29, 1.82) is 0 Å². The van der Waals surface area contributed by atoms with Crippen molar-refractivity contribution in [3.8, 4) is 5.69 Å². The van der Waals surface area contributed by atoms with Crippen molar-refractivity contribution in [1.82, 2.24) is 25.1 Å². The van der Waals surface area contributed by atoms with E-state index >= 15 is 0 Å². The van der Waals surface area contributed by atoms with Crippen LogP contribution in [0, 0.1) is 12.7 Å². The Morgan fingerprint density at radius 1 is 1.38 bits per heavy atom. The number of carbonyl (C=O) groups excluding carboxylic acids is 1. The van der Waals surface area contributed by atoms with E-state index in [1.165, 1.54) is 6.07 Å². The number of hydrogen-bond donors (Lipinski definition) is 2. The molecule has 0 bridgehead atoms. The molecule has 1 unspecified atom stereocenters. The maximum Gasteiger partial charge on any atom is 0.407 e. The number of likely N-dealkylation sites (tertiary alicyclic amines) is 1. The summed E-state index contributed by atoms with van der Waals surface area (Å²) in [4.78, 5) is 23.0. The number of aromatic nitrogens is 2. The van der Waals surface area contributed by atoms with E-state index in [1.54, 1.807) is 23.0 Å². The summed E-state index contributed by atoms with van der Waals surface area (Å²) in [6.07, 6.45) is 3.78. The highest BCUT2D eigenvalue weighted by Crippen LogP contribution is 2.18. The molecule has 2 aromatic rings. The van der Waals surface area contributed by atoms with Crippen LogP contribution in [-0.4, -0.2) is 57.8 Å². The summed E-state index contributed by atoms with van der Waals surface area (Å²) in [5.74, 6) is 1.16. The zero-order valence-corrected chi connectivity index (χ0v) is 19.5. The molecule has 0 spiro atoms. The van der Waals surface area contributed by atoms with E-state index in [0.717, 1.165) is 30.3 Å². The number of guanidine groups is 1. The molecule has 1 aliphatic rings. The van der Waals surface area contributed by atoms with Crippen LogP contribution in [0.15, 0.2) is 35.6 Å². The number of carbonyl (C=O) groups is 1. The zero-order chi connectivity index (χ0) is 23.3. The second-order valence-corrected chi connectivity index (χ2v) is 8.88. The molecule has 3 rings (SSSR count). The summed E-state index contributed by atoms with van der Waals surface area (Å²) in [5, 5.41) is 6.21. The molecule has 1 saturated heterocycles. The largest absolute Gasteiger partial charge is 0.444 e. The number of hydrogen-bond acceptors (Lipinski definition) is 4. The summed E-state index contributed by atoms with van der Waals surface area (Å²) in [7, 11) is 0. The van der Waals surface area contributed by atoms with E-state index < -0.39 is 11.7 Å². The lowest BCUT2D eigenvalue weighted by Crippen LogP contribution is -2.44. The quantitative estimate of drug-likeness (QED) is 0.546. The van der Waals surface area contributed by atoms with Crippen molar-refractivity contribution in [3.05, 3.63) is 47.8 Å².